The Kier molecular flexibility index (Phi) is 9.22. The van der Waals surface area contributed by atoms with Gasteiger partial charge in [0.15, 0.2) is 0 Å². The first-order valence-corrected chi connectivity index (χ1v) is 21.3. The summed E-state index contributed by atoms with van der Waals surface area (Å²) >= 11 is 0. The molecule has 8 aromatic carbocycles. The minimum absolute atomic E-state index is 0.210. The Hall–Kier alpha value is -7.22. The minimum Gasteiger partial charge on any atom is -0.310 e. The fourth-order valence-electron chi connectivity index (χ4n) is 10.1. The molecule has 0 amide bonds. The Bertz CT molecular complexity index is 3000. The van der Waals surface area contributed by atoms with Gasteiger partial charge in [-0.15, -0.1) is 0 Å². The van der Waals surface area contributed by atoms with Crippen LogP contribution in [-0.2, 0) is 10.8 Å². The molecule has 0 saturated heterocycles. The van der Waals surface area contributed by atoms with E-state index in [1.807, 2.05) is 12.2 Å². The molecule has 0 N–H and O–H groups in total. The molecule has 10 rings (SSSR count). The molecule has 8 aromatic rings. The Labute approximate surface area is 361 Å². The van der Waals surface area contributed by atoms with E-state index >= 15 is 0 Å². The molecule has 1 heteroatoms. The quantitative estimate of drug-likeness (QED) is 0.132. The molecule has 61 heavy (non-hydrogen) atoms. The Morgan fingerprint density at radius 3 is 1.46 bits per heavy atom. The number of hydrogen-bond acceptors (Lipinski definition) is 1. The first-order valence-electron chi connectivity index (χ1n) is 21.3. The second-order valence-corrected chi connectivity index (χ2v) is 17.4. The lowest BCUT2D eigenvalue weighted by Gasteiger charge is -2.30. The van der Waals surface area contributed by atoms with Crippen molar-refractivity contribution in [2.75, 3.05) is 4.90 Å². The Balaban J connectivity index is 1.14. The molecule has 0 aliphatic heterocycles. The van der Waals surface area contributed by atoms with Gasteiger partial charge >= 0.3 is 0 Å². The smallest absolute Gasteiger partial charge is 0.0533 e. The van der Waals surface area contributed by atoms with Crippen molar-refractivity contribution in [3.63, 3.8) is 0 Å². The van der Waals surface area contributed by atoms with Crippen LogP contribution in [0.15, 0.2) is 219 Å². The normalized spacial score (nSPS) is 14.2. The van der Waals surface area contributed by atoms with Crippen LogP contribution in [0.5, 0.6) is 0 Å². The number of rotatable bonds is 9. The molecule has 0 unspecified atom stereocenters. The number of allylic oxidation sites excluding steroid dienone is 3. The van der Waals surface area contributed by atoms with E-state index in [1.54, 1.807) is 0 Å². The molecule has 0 aromatic heterocycles. The SMILES string of the molecule is C=C/C(=C(\C=C)N(c1ccc(-c2ccccc2)cc1)c1ccc2c(c1)C(C)(C)c1cc3c(cc1-2)C(C)(C)c1c(-c2ccccc2)cc(-c2ccccc2)cc1-3)c1ccccc1. The molecule has 0 bridgehead atoms. The van der Waals surface area contributed by atoms with Crippen LogP contribution in [0.2, 0.25) is 0 Å². The van der Waals surface area contributed by atoms with Gasteiger partial charge in [0.05, 0.1) is 5.70 Å². The summed E-state index contributed by atoms with van der Waals surface area (Å²) in [7, 11) is 0. The largest absolute Gasteiger partial charge is 0.310 e. The average molecular weight is 784 g/mol. The van der Waals surface area contributed by atoms with Gasteiger partial charge in [0.1, 0.15) is 0 Å². The van der Waals surface area contributed by atoms with Crippen LogP contribution in [0.4, 0.5) is 11.4 Å². The highest BCUT2D eigenvalue weighted by atomic mass is 15.1. The third kappa shape index (κ3) is 6.23. The molecule has 0 saturated carbocycles. The van der Waals surface area contributed by atoms with E-state index in [-0.39, 0.29) is 10.8 Å². The van der Waals surface area contributed by atoms with Gasteiger partial charge in [0.2, 0.25) is 0 Å². The lowest BCUT2D eigenvalue weighted by Crippen LogP contribution is -2.19. The number of nitrogens with zero attached hydrogens (tertiary/aromatic N) is 1. The van der Waals surface area contributed by atoms with Crippen LogP contribution < -0.4 is 4.90 Å². The molecule has 0 radical (unpaired) electrons. The van der Waals surface area contributed by atoms with Crippen molar-refractivity contribution in [3.05, 3.63) is 247 Å². The third-order valence-electron chi connectivity index (χ3n) is 13.2. The van der Waals surface area contributed by atoms with E-state index in [2.05, 4.69) is 234 Å². The maximum Gasteiger partial charge on any atom is 0.0533 e. The molecule has 0 spiro atoms. The van der Waals surface area contributed by atoms with Gasteiger partial charge < -0.3 is 4.90 Å². The predicted octanol–water partition coefficient (Wildman–Crippen LogP) is 16.2. The van der Waals surface area contributed by atoms with Gasteiger partial charge in [-0.1, -0.05) is 186 Å². The Morgan fingerprint density at radius 2 is 0.869 bits per heavy atom. The molecule has 0 heterocycles. The molecule has 0 fully saturated rings. The van der Waals surface area contributed by atoms with E-state index in [1.165, 1.54) is 77.9 Å². The fraction of sp³-hybridized carbons (Fsp3) is 0.100. The Morgan fingerprint density at radius 1 is 0.393 bits per heavy atom. The average Bonchev–Trinajstić information content (AvgIpc) is 3.67. The predicted molar refractivity (Wildman–Crippen MR) is 260 cm³/mol. The van der Waals surface area contributed by atoms with Crippen LogP contribution in [0.3, 0.4) is 0 Å². The highest BCUT2D eigenvalue weighted by Crippen LogP contribution is 2.59. The summed E-state index contributed by atoms with van der Waals surface area (Å²) in [6, 6.07) is 68.7. The van der Waals surface area contributed by atoms with E-state index in [4.69, 9.17) is 0 Å². The van der Waals surface area contributed by atoms with Crippen molar-refractivity contribution in [2.24, 2.45) is 0 Å². The standard InChI is InChI=1S/C60H49N/c1-7-48(43-25-17-11-18-26-43)57(8-2)61(46-31-29-42(30-32-46)40-21-13-9-14-22-40)47-33-34-49-51-38-56-52(39-55(51)59(3,4)54(49)37-47)53-36-45(41-23-15-10-16-24-41)35-50(58(53)60(56,5)6)44-27-19-12-20-28-44/h7-39H,1-2H2,3-6H3/b57-48-. The summed E-state index contributed by atoms with van der Waals surface area (Å²) in [5.41, 5.74) is 22.9. The van der Waals surface area contributed by atoms with Gasteiger partial charge in [0.25, 0.3) is 0 Å². The van der Waals surface area contributed by atoms with Crippen molar-refractivity contribution in [1.29, 1.82) is 0 Å². The summed E-state index contributed by atoms with van der Waals surface area (Å²) in [4.78, 5) is 2.35. The van der Waals surface area contributed by atoms with Gasteiger partial charge in [-0.2, -0.15) is 0 Å². The van der Waals surface area contributed by atoms with Crippen LogP contribution in [-0.4, -0.2) is 0 Å². The van der Waals surface area contributed by atoms with Crippen LogP contribution >= 0.6 is 0 Å². The molecule has 294 valence electrons. The first kappa shape index (κ1) is 38.0. The molecular formula is C60H49N. The summed E-state index contributed by atoms with van der Waals surface area (Å²) in [6.07, 6.45) is 3.93. The lowest BCUT2D eigenvalue weighted by molar-refractivity contribution is 0.653. The van der Waals surface area contributed by atoms with E-state index < -0.39 is 0 Å². The molecule has 0 atom stereocenters. The molecule has 2 aliphatic rings. The number of benzene rings is 8. The van der Waals surface area contributed by atoms with Crippen molar-refractivity contribution in [2.45, 2.75) is 38.5 Å². The van der Waals surface area contributed by atoms with Crippen molar-refractivity contribution >= 4 is 16.9 Å². The van der Waals surface area contributed by atoms with Crippen molar-refractivity contribution < 1.29 is 0 Å². The lowest BCUT2D eigenvalue weighted by atomic mass is 9.77. The van der Waals surface area contributed by atoms with Crippen molar-refractivity contribution in [1.82, 2.24) is 0 Å². The summed E-state index contributed by atoms with van der Waals surface area (Å²) in [6.45, 7) is 18.3. The van der Waals surface area contributed by atoms with E-state index in [9.17, 15) is 0 Å². The van der Waals surface area contributed by atoms with Gasteiger partial charge in [-0.05, 0) is 138 Å². The van der Waals surface area contributed by atoms with Crippen LogP contribution in [0, 0.1) is 0 Å². The second-order valence-electron chi connectivity index (χ2n) is 17.4. The molecular weight excluding hydrogens is 735 g/mol. The monoisotopic (exact) mass is 783 g/mol. The summed E-state index contributed by atoms with van der Waals surface area (Å²) in [5, 5.41) is 0. The van der Waals surface area contributed by atoms with E-state index in [0.717, 1.165) is 28.2 Å². The summed E-state index contributed by atoms with van der Waals surface area (Å²) in [5.74, 6) is 0. The zero-order chi connectivity index (χ0) is 41.9. The van der Waals surface area contributed by atoms with E-state index in [0.29, 0.717) is 0 Å². The highest BCUT2D eigenvalue weighted by Gasteiger charge is 2.43. The fourth-order valence-corrected chi connectivity index (χ4v) is 10.1. The van der Waals surface area contributed by atoms with Gasteiger partial charge in [-0.25, -0.2) is 0 Å². The zero-order valence-electron chi connectivity index (χ0n) is 35.4. The second kappa shape index (κ2) is 14.8. The van der Waals surface area contributed by atoms with Crippen molar-refractivity contribution in [3.8, 4) is 55.6 Å². The topological polar surface area (TPSA) is 3.24 Å². The maximum absolute atomic E-state index is 4.40. The van der Waals surface area contributed by atoms with Crippen LogP contribution in [0.1, 0.15) is 55.5 Å². The highest BCUT2D eigenvalue weighted by molar-refractivity contribution is 5.96. The van der Waals surface area contributed by atoms with Crippen LogP contribution in [0.25, 0.3) is 61.2 Å². The number of hydrogen-bond donors (Lipinski definition) is 0. The van der Waals surface area contributed by atoms with Gasteiger partial charge in [-0.3, -0.25) is 0 Å². The van der Waals surface area contributed by atoms with Gasteiger partial charge in [0, 0.05) is 27.8 Å². The summed E-state index contributed by atoms with van der Waals surface area (Å²) < 4.78 is 0. The third-order valence-corrected chi connectivity index (χ3v) is 13.2. The molecule has 1 nitrogen and oxygen atoms in total. The number of fused-ring (bicyclic) bond motifs is 6. The maximum atomic E-state index is 4.40. The zero-order valence-corrected chi connectivity index (χ0v) is 35.4. The molecule has 2 aliphatic carbocycles. The minimum atomic E-state index is -0.260. The number of anilines is 2. The first-order chi connectivity index (χ1) is 29.7.